The van der Waals surface area contributed by atoms with Crippen molar-refractivity contribution >= 4 is 15.7 Å². The molecule has 22 heavy (non-hydrogen) atoms. The third-order valence-corrected chi connectivity index (χ3v) is 4.82. The molecule has 0 amide bonds. The summed E-state index contributed by atoms with van der Waals surface area (Å²) in [6.07, 6.45) is 3.27. The molecule has 2 aromatic rings. The molecule has 0 saturated carbocycles. The molecule has 1 N–H and O–H groups in total. The first-order valence-electron chi connectivity index (χ1n) is 6.85. The van der Waals surface area contributed by atoms with Crippen molar-refractivity contribution in [3.8, 4) is 0 Å². The van der Waals surface area contributed by atoms with E-state index in [0.29, 0.717) is 16.8 Å². The predicted molar refractivity (Wildman–Crippen MR) is 87.4 cm³/mol. The van der Waals surface area contributed by atoms with Crippen LogP contribution in [-0.4, -0.2) is 19.1 Å². The summed E-state index contributed by atoms with van der Waals surface area (Å²) in [6.45, 7) is 7.25. The van der Waals surface area contributed by atoms with Gasteiger partial charge in [-0.1, -0.05) is 17.7 Å². The summed E-state index contributed by atoms with van der Waals surface area (Å²) in [5, 5.41) is 4.00. The smallest absolute Gasteiger partial charge is 0.265 e. The Bertz CT molecular complexity index is 790. The molecule has 0 fully saturated rings. The van der Waals surface area contributed by atoms with Gasteiger partial charge in [0.1, 0.15) is 0 Å². The highest BCUT2D eigenvalue weighted by atomic mass is 32.2. The van der Waals surface area contributed by atoms with Crippen LogP contribution in [0, 0.1) is 20.8 Å². The maximum absolute atomic E-state index is 12.5. The first-order chi connectivity index (χ1) is 10.3. The second-order valence-corrected chi connectivity index (χ2v) is 6.85. The Morgan fingerprint density at radius 1 is 1.09 bits per heavy atom. The zero-order valence-electron chi connectivity index (χ0n) is 13.1. The Labute approximate surface area is 131 Å². The molecule has 1 heterocycles. The molecule has 5 nitrogen and oxygen atoms in total. The van der Waals surface area contributed by atoms with E-state index >= 15 is 0 Å². The summed E-state index contributed by atoms with van der Waals surface area (Å²) in [4.78, 5) is 6.52. The van der Waals surface area contributed by atoms with E-state index in [1.807, 2.05) is 19.1 Å². The quantitative estimate of drug-likeness (QED) is 0.696. The minimum Gasteiger partial charge on any atom is -0.265 e. The maximum atomic E-state index is 12.5. The number of aromatic nitrogens is 1. The van der Waals surface area contributed by atoms with Crippen molar-refractivity contribution in [1.29, 1.82) is 0 Å². The lowest BCUT2D eigenvalue weighted by Gasteiger charge is -2.12. The molecule has 2 rings (SSSR count). The number of rotatable bonds is 4. The van der Waals surface area contributed by atoms with E-state index in [2.05, 4.69) is 14.9 Å². The number of pyridine rings is 1. The summed E-state index contributed by atoms with van der Waals surface area (Å²) >= 11 is 0. The molecule has 0 unspecified atom stereocenters. The zero-order valence-corrected chi connectivity index (χ0v) is 13.9. The molecular formula is C16H19N3O2S. The van der Waals surface area contributed by atoms with Gasteiger partial charge in [0, 0.05) is 18.0 Å². The van der Waals surface area contributed by atoms with Crippen molar-refractivity contribution in [3.05, 3.63) is 58.9 Å². The van der Waals surface area contributed by atoms with Crippen LogP contribution in [0.3, 0.4) is 0 Å². The monoisotopic (exact) mass is 317 g/mol. The number of hydrogen-bond donors (Lipinski definition) is 1. The number of sulfonamides is 1. The first kappa shape index (κ1) is 16.2. The number of aryl methyl sites for hydroxylation is 3. The highest BCUT2D eigenvalue weighted by molar-refractivity contribution is 7.89. The van der Waals surface area contributed by atoms with Gasteiger partial charge in [0.15, 0.2) is 0 Å². The zero-order chi connectivity index (χ0) is 16.3. The van der Waals surface area contributed by atoms with Gasteiger partial charge in [-0.25, -0.2) is 0 Å². The van der Waals surface area contributed by atoms with Gasteiger partial charge in [0.25, 0.3) is 10.0 Å². The lowest BCUT2D eigenvalue weighted by molar-refractivity contribution is 0.583. The normalized spacial score (nSPS) is 12.3. The molecular weight excluding hydrogens is 298 g/mol. The highest BCUT2D eigenvalue weighted by Crippen LogP contribution is 2.21. The standard InChI is InChI=1S/C16H19N3O2S/c1-11-9-12(2)16(13(3)10-11)22(20,21)19-18-14(4)15-5-7-17-8-6-15/h5-10,19H,1-4H3. The van der Waals surface area contributed by atoms with E-state index in [1.54, 1.807) is 45.3 Å². The van der Waals surface area contributed by atoms with Gasteiger partial charge in [-0.2, -0.15) is 18.4 Å². The summed E-state index contributed by atoms with van der Waals surface area (Å²) in [5.41, 5.74) is 3.84. The number of benzene rings is 1. The molecule has 0 spiro atoms. The predicted octanol–water partition coefficient (Wildman–Crippen LogP) is 2.71. The maximum Gasteiger partial charge on any atom is 0.277 e. The van der Waals surface area contributed by atoms with Gasteiger partial charge in [-0.15, -0.1) is 0 Å². The molecule has 0 aliphatic carbocycles. The summed E-state index contributed by atoms with van der Waals surface area (Å²) in [6, 6.07) is 7.24. The Kier molecular flexibility index (Phi) is 4.61. The summed E-state index contributed by atoms with van der Waals surface area (Å²) in [7, 11) is -3.69. The van der Waals surface area contributed by atoms with Crippen molar-refractivity contribution in [2.75, 3.05) is 0 Å². The molecule has 1 aromatic carbocycles. The van der Waals surface area contributed by atoms with Gasteiger partial charge in [0.05, 0.1) is 10.6 Å². The topological polar surface area (TPSA) is 71.4 Å². The van der Waals surface area contributed by atoms with Crippen LogP contribution in [-0.2, 0) is 10.0 Å². The summed E-state index contributed by atoms with van der Waals surface area (Å²) < 4.78 is 25.0. The van der Waals surface area contributed by atoms with Crippen LogP contribution >= 0.6 is 0 Å². The van der Waals surface area contributed by atoms with Crippen molar-refractivity contribution in [2.24, 2.45) is 5.10 Å². The average molecular weight is 317 g/mol. The Balaban J connectivity index is 2.33. The van der Waals surface area contributed by atoms with Crippen LogP contribution < -0.4 is 4.83 Å². The van der Waals surface area contributed by atoms with Crippen molar-refractivity contribution in [1.82, 2.24) is 9.82 Å². The third kappa shape index (κ3) is 3.51. The van der Waals surface area contributed by atoms with Crippen LogP contribution in [0.5, 0.6) is 0 Å². The van der Waals surface area contributed by atoms with Gasteiger partial charge >= 0.3 is 0 Å². The van der Waals surface area contributed by atoms with Gasteiger partial charge in [0.2, 0.25) is 0 Å². The van der Waals surface area contributed by atoms with Crippen molar-refractivity contribution in [3.63, 3.8) is 0 Å². The van der Waals surface area contributed by atoms with E-state index in [-0.39, 0.29) is 4.90 Å². The van der Waals surface area contributed by atoms with Gasteiger partial charge in [-0.05, 0) is 51.0 Å². The molecule has 0 aliphatic rings. The minimum atomic E-state index is -3.69. The third-order valence-electron chi connectivity index (χ3n) is 3.31. The molecule has 0 saturated heterocycles. The van der Waals surface area contributed by atoms with Crippen LogP contribution in [0.25, 0.3) is 0 Å². The van der Waals surface area contributed by atoms with Crippen LogP contribution in [0.15, 0.2) is 46.7 Å². The van der Waals surface area contributed by atoms with Gasteiger partial charge < -0.3 is 0 Å². The van der Waals surface area contributed by atoms with E-state index in [0.717, 1.165) is 11.1 Å². The fraction of sp³-hybridized carbons (Fsp3) is 0.250. The minimum absolute atomic E-state index is 0.282. The molecule has 0 radical (unpaired) electrons. The van der Waals surface area contributed by atoms with Crippen molar-refractivity contribution in [2.45, 2.75) is 32.6 Å². The first-order valence-corrected chi connectivity index (χ1v) is 8.34. The molecule has 0 bridgehead atoms. The lowest BCUT2D eigenvalue weighted by atomic mass is 10.1. The molecule has 1 aromatic heterocycles. The molecule has 116 valence electrons. The van der Waals surface area contributed by atoms with Gasteiger partial charge in [-0.3, -0.25) is 4.98 Å². The van der Waals surface area contributed by atoms with Crippen LogP contribution in [0.1, 0.15) is 29.2 Å². The second kappa shape index (κ2) is 6.27. The average Bonchev–Trinajstić information content (AvgIpc) is 2.44. The Morgan fingerprint density at radius 3 is 2.18 bits per heavy atom. The largest absolute Gasteiger partial charge is 0.277 e. The number of nitrogens with zero attached hydrogens (tertiary/aromatic N) is 2. The fourth-order valence-electron chi connectivity index (χ4n) is 2.42. The van der Waals surface area contributed by atoms with E-state index in [1.165, 1.54) is 0 Å². The van der Waals surface area contributed by atoms with E-state index < -0.39 is 10.0 Å². The number of hydrogen-bond acceptors (Lipinski definition) is 4. The Morgan fingerprint density at radius 2 is 1.64 bits per heavy atom. The lowest BCUT2D eigenvalue weighted by Crippen LogP contribution is -2.22. The summed E-state index contributed by atoms with van der Waals surface area (Å²) in [5.74, 6) is 0. The van der Waals surface area contributed by atoms with Crippen LogP contribution in [0.2, 0.25) is 0 Å². The molecule has 0 aliphatic heterocycles. The Hall–Kier alpha value is -2.21. The SMILES string of the molecule is CC(=NNS(=O)(=O)c1c(C)cc(C)cc1C)c1ccncc1. The van der Waals surface area contributed by atoms with Crippen LogP contribution in [0.4, 0.5) is 0 Å². The number of nitrogens with one attached hydrogen (secondary N) is 1. The van der Waals surface area contributed by atoms with E-state index in [9.17, 15) is 8.42 Å². The van der Waals surface area contributed by atoms with Crippen molar-refractivity contribution < 1.29 is 8.42 Å². The molecule has 6 heteroatoms. The molecule has 0 atom stereocenters. The number of hydrazone groups is 1. The highest BCUT2D eigenvalue weighted by Gasteiger charge is 2.19. The van der Waals surface area contributed by atoms with E-state index in [4.69, 9.17) is 0 Å². The second-order valence-electron chi connectivity index (χ2n) is 5.26. The fourth-order valence-corrected chi connectivity index (χ4v) is 3.74.